The number of piperazine rings is 1. The van der Waals surface area contributed by atoms with E-state index in [4.69, 9.17) is 4.74 Å². The molecule has 2 aromatic heterocycles. The first-order chi connectivity index (χ1) is 14.8. The highest BCUT2D eigenvalue weighted by molar-refractivity contribution is 7.20. The maximum Gasteiger partial charge on any atom is 0.279 e. The van der Waals surface area contributed by atoms with Crippen molar-refractivity contribution in [3.05, 3.63) is 78.5 Å². The maximum atomic E-state index is 5.95. The highest BCUT2D eigenvalue weighted by Crippen LogP contribution is 2.31. The molecule has 2 aromatic carbocycles. The average molecular weight is 416 g/mol. The van der Waals surface area contributed by atoms with Gasteiger partial charge in [-0.3, -0.25) is 4.90 Å². The first-order valence-electron chi connectivity index (χ1n) is 10.3. The van der Waals surface area contributed by atoms with Gasteiger partial charge in [0.15, 0.2) is 0 Å². The molecule has 1 radical (unpaired) electrons. The number of hydrogen-bond donors (Lipinski definition) is 0. The highest BCUT2D eigenvalue weighted by atomic mass is 32.1. The standard InChI is InChI=1S/C24H23N4OS/c1-2-6-22-21(5-1)26-24(30-22)29-20-10-8-19(9-11-20)12-14-27-15-17-28(18-16-27)23-7-3-4-13-25-23/h1-6,8-11,13H,12,14-18H2. The van der Waals surface area contributed by atoms with Gasteiger partial charge in [-0.25, -0.2) is 9.97 Å². The molecule has 151 valence electrons. The summed E-state index contributed by atoms with van der Waals surface area (Å²) in [6.07, 6.45) is 2.87. The van der Waals surface area contributed by atoms with Crippen LogP contribution in [0.3, 0.4) is 0 Å². The van der Waals surface area contributed by atoms with Crippen molar-refractivity contribution in [1.29, 1.82) is 0 Å². The van der Waals surface area contributed by atoms with Gasteiger partial charge in [0.1, 0.15) is 11.6 Å². The fraction of sp³-hybridized carbons (Fsp3) is 0.250. The van der Waals surface area contributed by atoms with Crippen LogP contribution in [0.5, 0.6) is 10.9 Å². The number of anilines is 1. The number of fused-ring (bicyclic) bond motifs is 1. The number of thiazole rings is 1. The van der Waals surface area contributed by atoms with E-state index >= 15 is 0 Å². The van der Waals surface area contributed by atoms with E-state index in [1.165, 1.54) is 5.56 Å². The second-order valence-corrected chi connectivity index (χ2v) is 8.37. The Hall–Kier alpha value is -2.96. The number of pyridine rings is 1. The predicted octanol–water partition coefficient (Wildman–Crippen LogP) is 4.65. The van der Waals surface area contributed by atoms with E-state index in [1.807, 2.05) is 48.7 Å². The molecule has 5 nitrogen and oxygen atoms in total. The summed E-state index contributed by atoms with van der Waals surface area (Å²) in [4.78, 5) is 13.8. The van der Waals surface area contributed by atoms with Crippen LogP contribution in [0.25, 0.3) is 10.2 Å². The third kappa shape index (κ3) is 4.45. The van der Waals surface area contributed by atoms with E-state index < -0.39 is 0 Å². The van der Waals surface area contributed by atoms with Crippen LogP contribution in [0.15, 0.2) is 66.9 Å². The summed E-state index contributed by atoms with van der Waals surface area (Å²) in [7, 11) is 0. The summed E-state index contributed by atoms with van der Waals surface area (Å²) in [5.74, 6) is 1.79. The molecule has 3 heterocycles. The lowest BCUT2D eigenvalue weighted by Gasteiger charge is -2.35. The fourth-order valence-corrected chi connectivity index (χ4v) is 4.51. The summed E-state index contributed by atoms with van der Waals surface area (Å²) in [6, 6.07) is 23.5. The predicted molar refractivity (Wildman–Crippen MR) is 122 cm³/mol. The second-order valence-electron chi connectivity index (χ2n) is 7.38. The first kappa shape index (κ1) is 19.0. The second kappa shape index (κ2) is 8.81. The quantitative estimate of drug-likeness (QED) is 0.459. The molecule has 30 heavy (non-hydrogen) atoms. The van der Waals surface area contributed by atoms with Crippen molar-refractivity contribution in [3.8, 4) is 10.9 Å². The molecule has 1 aliphatic heterocycles. The molecule has 6 heteroatoms. The number of ether oxygens (including phenoxy) is 1. The minimum Gasteiger partial charge on any atom is -0.431 e. The van der Waals surface area contributed by atoms with E-state index in [2.05, 4.69) is 44.0 Å². The molecule has 5 rings (SSSR count). The van der Waals surface area contributed by atoms with E-state index in [1.54, 1.807) is 11.3 Å². The Bertz CT molecular complexity index is 1060. The molecule has 4 aromatic rings. The number of hydrogen-bond acceptors (Lipinski definition) is 6. The molecule has 0 N–H and O–H groups in total. The molecular weight excluding hydrogens is 392 g/mol. The normalized spacial score (nSPS) is 14.9. The summed E-state index contributed by atoms with van der Waals surface area (Å²) < 4.78 is 7.09. The van der Waals surface area contributed by atoms with Crippen molar-refractivity contribution in [3.63, 3.8) is 0 Å². The van der Waals surface area contributed by atoms with Crippen molar-refractivity contribution in [2.75, 3.05) is 37.6 Å². The van der Waals surface area contributed by atoms with Gasteiger partial charge in [0, 0.05) is 45.0 Å². The van der Waals surface area contributed by atoms with E-state index in [-0.39, 0.29) is 0 Å². The minimum atomic E-state index is 0.687. The Morgan fingerprint density at radius 3 is 2.57 bits per heavy atom. The van der Waals surface area contributed by atoms with Crippen LogP contribution in [0, 0.1) is 6.07 Å². The number of benzene rings is 2. The molecule has 1 saturated heterocycles. The van der Waals surface area contributed by atoms with Gasteiger partial charge in [-0.1, -0.05) is 35.6 Å². The Morgan fingerprint density at radius 2 is 1.80 bits per heavy atom. The SMILES string of the molecule is [c]1cccnc1N1CCN(CCc2ccc(Oc3nc4ccccc4s3)cc2)CC1. The van der Waals surface area contributed by atoms with Crippen molar-refractivity contribution in [1.82, 2.24) is 14.9 Å². The number of rotatable bonds is 6. The molecule has 1 aliphatic rings. The first-order valence-corrected chi connectivity index (χ1v) is 11.1. The van der Waals surface area contributed by atoms with Gasteiger partial charge in [-0.15, -0.1) is 0 Å². The molecule has 0 aliphatic carbocycles. The van der Waals surface area contributed by atoms with Crippen LogP contribution in [0.4, 0.5) is 5.82 Å². The Balaban J connectivity index is 1.11. The monoisotopic (exact) mass is 415 g/mol. The van der Waals surface area contributed by atoms with Gasteiger partial charge in [-0.2, -0.15) is 0 Å². The average Bonchev–Trinajstić information content (AvgIpc) is 3.22. The Labute approximate surface area is 180 Å². The zero-order valence-corrected chi connectivity index (χ0v) is 17.5. The summed E-state index contributed by atoms with van der Waals surface area (Å²) in [5, 5.41) is 0.687. The lowest BCUT2D eigenvalue weighted by Crippen LogP contribution is -2.47. The van der Waals surface area contributed by atoms with E-state index in [0.29, 0.717) is 5.19 Å². The summed E-state index contributed by atoms with van der Waals surface area (Å²) >= 11 is 1.57. The third-order valence-corrected chi connectivity index (χ3v) is 6.30. The Morgan fingerprint density at radius 1 is 0.967 bits per heavy atom. The summed E-state index contributed by atoms with van der Waals surface area (Å²) in [5.41, 5.74) is 2.31. The summed E-state index contributed by atoms with van der Waals surface area (Å²) in [6.45, 7) is 5.19. The lowest BCUT2D eigenvalue weighted by molar-refractivity contribution is 0.260. The third-order valence-electron chi connectivity index (χ3n) is 5.38. The number of nitrogens with zero attached hydrogens (tertiary/aromatic N) is 4. The van der Waals surface area contributed by atoms with Gasteiger partial charge < -0.3 is 9.64 Å². The molecule has 1 fully saturated rings. The molecule has 0 unspecified atom stereocenters. The lowest BCUT2D eigenvalue weighted by atomic mass is 10.1. The topological polar surface area (TPSA) is 41.5 Å². The zero-order chi connectivity index (χ0) is 20.2. The van der Waals surface area contributed by atoms with E-state index in [9.17, 15) is 0 Å². The van der Waals surface area contributed by atoms with Gasteiger partial charge in [0.2, 0.25) is 0 Å². The molecule has 0 bridgehead atoms. The largest absolute Gasteiger partial charge is 0.431 e. The van der Waals surface area contributed by atoms with Gasteiger partial charge in [0.05, 0.1) is 10.2 Å². The molecule has 0 atom stereocenters. The molecule has 0 spiro atoms. The van der Waals surface area contributed by atoms with Crippen molar-refractivity contribution >= 4 is 27.4 Å². The maximum absolute atomic E-state index is 5.95. The molecule has 0 amide bonds. The van der Waals surface area contributed by atoms with Crippen molar-refractivity contribution in [2.45, 2.75) is 6.42 Å². The van der Waals surface area contributed by atoms with Crippen molar-refractivity contribution in [2.24, 2.45) is 0 Å². The van der Waals surface area contributed by atoms with Gasteiger partial charge in [-0.05, 0) is 48.4 Å². The fourth-order valence-electron chi connectivity index (χ4n) is 3.68. The van der Waals surface area contributed by atoms with Crippen molar-refractivity contribution < 1.29 is 4.74 Å². The molecular formula is C24H23N4OS. The van der Waals surface area contributed by atoms with Gasteiger partial charge in [0.25, 0.3) is 5.19 Å². The van der Waals surface area contributed by atoms with Crippen LogP contribution in [0.2, 0.25) is 0 Å². The Kier molecular flexibility index (Phi) is 5.59. The minimum absolute atomic E-state index is 0.687. The smallest absolute Gasteiger partial charge is 0.279 e. The number of para-hydroxylation sites is 1. The van der Waals surface area contributed by atoms with E-state index in [0.717, 1.165) is 60.9 Å². The molecule has 0 saturated carbocycles. The highest BCUT2D eigenvalue weighted by Gasteiger charge is 2.17. The zero-order valence-electron chi connectivity index (χ0n) is 16.7. The van der Waals surface area contributed by atoms with Crippen LogP contribution in [0.1, 0.15) is 5.56 Å². The van der Waals surface area contributed by atoms with Crippen LogP contribution >= 0.6 is 11.3 Å². The van der Waals surface area contributed by atoms with Gasteiger partial charge >= 0.3 is 0 Å². The van der Waals surface area contributed by atoms with Crippen LogP contribution in [-0.2, 0) is 6.42 Å². The van der Waals surface area contributed by atoms with Crippen LogP contribution < -0.4 is 9.64 Å². The van der Waals surface area contributed by atoms with Crippen LogP contribution in [-0.4, -0.2) is 47.6 Å². The number of aromatic nitrogens is 2.